The lowest BCUT2D eigenvalue weighted by Crippen LogP contribution is -2.27. The number of thiophene rings is 1. The molecule has 7 heteroatoms. The van der Waals surface area contributed by atoms with Gasteiger partial charge in [-0.3, -0.25) is 4.90 Å². The number of hydrogen-bond donors (Lipinski definition) is 2. The number of nitrogens with zero attached hydrogens (tertiary/aromatic N) is 1. The number of carbonyl (C=O) groups excluding carboxylic acids is 1. The molecule has 4 nitrogen and oxygen atoms in total. The van der Waals surface area contributed by atoms with Crippen LogP contribution < -0.4 is 15.5 Å². The van der Waals surface area contributed by atoms with Gasteiger partial charge in [0.2, 0.25) is 0 Å². The van der Waals surface area contributed by atoms with Crippen LogP contribution in [0, 0.1) is 0 Å². The van der Waals surface area contributed by atoms with Crippen LogP contribution >= 0.6 is 38.9 Å². The predicted molar refractivity (Wildman–Crippen MR) is 91.5 cm³/mol. The van der Waals surface area contributed by atoms with Crippen LogP contribution in [0.25, 0.3) is 0 Å². The standard InChI is InChI=1S/C14H13BrClN3OS/c15-12-7-11(21-13(12)16)8-18-9-1-3-10(4-2-9)19-6-5-17-14(19)20/h1-4,7,18H,5-6,8H2,(H,17,20). The maximum Gasteiger partial charge on any atom is 0.321 e. The molecule has 110 valence electrons. The smallest absolute Gasteiger partial charge is 0.321 e. The number of carbonyl (C=O) groups is 1. The number of amides is 2. The number of anilines is 2. The van der Waals surface area contributed by atoms with Gasteiger partial charge in [0.1, 0.15) is 4.34 Å². The second kappa shape index (κ2) is 6.25. The zero-order valence-electron chi connectivity index (χ0n) is 11.0. The Hall–Kier alpha value is -1.24. The van der Waals surface area contributed by atoms with Crippen molar-refractivity contribution < 1.29 is 4.79 Å². The summed E-state index contributed by atoms with van der Waals surface area (Å²) in [6.45, 7) is 2.14. The van der Waals surface area contributed by atoms with Crippen LogP contribution in [0.4, 0.5) is 16.2 Å². The van der Waals surface area contributed by atoms with Crippen molar-refractivity contribution in [3.05, 3.63) is 44.0 Å². The molecule has 21 heavy (non-hydrogen) atoms. The lowest BCUT2D eigenvalue weighted by Gasteiger charge is -2.14. The van der Waals surface area contributed by atoms with Gasteiger partial charge in [0.05, 0.1) is 0 Å². The highest BCUT2D eigenvalue weighted by Crippen LogP contribution is 2.32. The summed E-state index contributed by atoms with van der Waals surface area (Å²) in [6, 6.07) is 9.84. The van der Waals surface area contributed by atoms with E-state index in [0.717, 1.165) is 31.6 Å². The zero-order valence-corrected chi connectivity index (χ0v) is 14.2. The third-order valence-corrected chi connectivity index (χ3v) is 5.67. The SMILES string of the molecule is O=C1NCCN1c1ccc(NCc2cc(Br)c(Cl)s2)cc1. The Bertz CT molecular complexity index is 639. The Kier molecular flexibility index (Phi) is 4.37. The van der Waals surface area contributed by atoms with Gasteiger partial charge in [-0.25, -0.2) is 4.79 Å². The summed E-state index contributed by atoms with van der Waals surface area (Å²) in [5.41, 5.74) is 1.93. The highest BCUT2D eigenvalue weighted by atomic mass is 79.9. The first-order chi connectivity index (χ1) is 10.1. The largest absolute Gasteiger partial charge is 0.380 e. The normalized spacial score (nSPS) is 14.4. The lowest BCUT2D eigenvalue weighted by molar-refractivity contribution is 0.252. The first-order valence-electron chi connectivity index (χ1n) is 6.46. The molecule has 1 aromatic carbocycles. The molecule has 2 amide bonds. The zero-order chi connectivity index (χ0) is 14.8. The summed E-state index contributed by atoms with van der Waals surface area (Å²) in [6.07, 6.45) is 0. The molecule has 1 aromatic heterocycles. The average Bonchev–Trinajstić information content (AvgIpc) is 3.04. The summed E-state index contributed by atoms with van der Waals surface area (Å²) >= 11 is 11.0. The highest BCUT2D eigenvalue weighted by molar-refractivity contribution is 9.10. The molecule has 0 bridgehead atoms. The molecule has 2 N–H and O–H groups in total. The van der Waals surface area contributed by atoms with Gasteiger partial charge in [0.15, 0.2) is 0 Å². The molecule has 0 radical (unpaired) electrons. The van der Waals surface area contributed by atoms with E-state index < -0.39 is 0 Å². The fourth-order valence-electron chi connectivity index (χ4n) is 2.14. The quantitative estimate of drug-likeness (QED) is 0.822. The minimum atomic E-state index is -0.0335. The van der Waals surface area contributed by atoms with Crippen molar-refractivity contribution in [3.8, 4) is 0 Å². The molecule has 0 unspecified atom stereocenters. The molecule has 1 fully saturated rings. The molecular formula is C14H13BrClN3OS. The van der Waals surface area contributed by atoms with Crippen molar-refractivity contribution in [1.29, 1.82) is 0 Å². The summed E-state index contributed by atoms with van der Waals surface area (Å²) in [5, 5.41) is 6.14. The fraction of sp³-hybridized carbons (Fsp3) is 0.214. The lowest BCUT2D eigenvalue weighted by atomic mass is 10.2. The number of hydrogen-bond acceptors (Lipinski definition) is 3. The van der Waals surface area contributed by atoms with E-state index in [2.05, 4.69) is 26.6 Å². The Morgan fingerprint density at radius 2 is 2.14 bits per heavy atom. The third kappa shape index (κ3) is 3.33. The van der Waals surface area contributed by atoms with Crippen molar-refractivity contribution in [2.24, 2.45) is 0 Å². The van der Waals surface area contributed by atoms with Crippen LogP contribution in [-0.4, -0.2) is 19.1 Å². The second-order valence-corrected chi connectivity index (χ2v) is 7.21. The van der Waals surface area contributed by atoms with Gasteiger partial charge in [0.25, 0.3) is 0 Å². The summed E-state index contributed by atoms with van der Waals surface area (Å²) in [5.74, 6) is 0. The van der Waals surface area contributed by atoms with Crippen LogP contribution in [0.15, 0.2) is 34.8 Å². The van der Waals surface area contributed by atoms with Crippen LogP contribution in [0.5, 0.6) is 0 Å². The third-order valence-electron chi connectivity index (χ3n) is 3.20. The van der Waals surface area contributed by atoms with Crippen molar-refractivity contribution >= 4 is 56.3 Å². The van der Waals surface area contributed by atoms with Crippen LogP contribution in [0.1, 0.15) is 4.88 Å². The van der Waals surface area contributed by atoms with E-state index in [1.165, 1.54) is 0 Å². The highest BCUT2D eigenvalue weighted by Gasteiger charge is 2.20. The summed E-state index contributed by atoms with van der Waals surface area (Å²) < 4.78 is 1.70. The number of benzene rings is 1. The number of halogens is 2. The maximum atomic E-state index is 11.6. The Morgan fingerprint density at radius 3 is 2.71 bits per heavy atom. The topological polar surface area (TPSA) is 44.4 Å². The van der Waals surface area contributed by atoms with E-state index in [9.17, 15) is 4.79 Å². The first-order valence-corrected chi connectivity index (χ1v) is 8.45. The van der Waals surface area contributed by atoms with Gasteiger partial charge in [-0.05, 0) is 46.3 Å². The molecule has 1 aliphatic rings. The van der Waals surface area contributed by atoms with E-state index in [4.69, 9.17) is 11.6 Å². The maximum absolute atomic E-state index is 11.6. The van der Waals surface area contributed by atoms with Gasteiger partial charge in [-0.2, -0.15) is 0 Å². The molecule has 1 saturated heterocycles. The van der Waals surface area contributed by atoms with Gasteiger partial charge in [0, 0.05) is 40.4 Å². The summed E-state index contributed by atoms with van der Waals surface area (Å²) in [4.78, 5) is 14.5. The Balaban J connectivity index is 1.63. The van der Waals surface area contributed by atoms with E-state index in [1.54, 1.807) is 16.2 Å². The Labute approximate surface area is 140 Å². The van der Waals surface area contributed by atoms with Crippen molar-refractivity contribution in [1.82, 2.24) is 5.32 Å². The van der Waals surface area contributed by atoms with Gasteiger partial charge in [-0.1, -0.05) is 11.6 Å². The first kappa shape index (κ1) is 14.7. The molecule has 2 heterocycles. The van der Waals surface area contributed by atoms with Gasteiger partial charge < -0.3 is 10.6 Å². The van der Waals surface area contributed by atoms with Crippen LogP contribution in [0.2, 0.25) is 4.34 Å². The van der Waals surface area contributed by atoms with E-state index in [0.29, 0.717) is 13.1 Å². The fourth-order valence-corrected chi connectivity index (χ4v) is 3.88. The molecule has 0 atom stereocenters. The second-order valence-electron chi connectivity index (χ2n) is 4.62. The molecular weight excluding hydrogens is 374 g/mol. The molecule has 3 rings (SSSR count). The molecule has 0 aliphatic carbocycles. The van der Waals surface area contributed by atoms with Gasteiger partial charge >= 0.3 is 6.03 Å². The van der Waals surface area contributed by atoms with Crippen molar-refractivity contribution in [3.63, 3.8) is 0 Å². The number of nitrogens with one attached hydrogen (secondary N) is 2. The number of urea groups is 1. The predicted octanol–water partition coefficient (Wildman–Crippen LogP) is 4.31. The molecule has 1 aliphatic heterocycles. The van der Waals surface area contributed by atoms with E-state index in [1.807, 2.05) is 30.3 Å². The van der Waals surface area contributed by atoms with E-state index >= 15 is 0 Å². The van der Waals surface area contributed by atoms with Gasteiger partial charge in [-0.15, -0.1) is 11.3 Å². The Morgan fingerprint density at radius 1 is 1.38 bits per heavy atom. The molecule has 0 spiro atoms. The number of rotatable bonds is 4. The van der Waals surface area contributed by atoms with Crippen molar-refractivity contribution in [2.75, 3.05) is 23.3 Å². The molecule has 2 aromatic rings. The minimum Gasteiger partial charge on any atom is -0.380 e. The average molecular weight is 387 g/mol. The minimum absolute atomic E-state index is 0.0335. The van der Waals surface area contributed by atoms with Crippen LogP contribution in [-0.2, 0) is 6.54 Å². The molecule has 0 saturated carbocycles. The monoisotopic (exact) mass is 385 g/mol. The van der Waals surface area contributed by atoms with Crippen LogP contribution in [0.3, 0.4) is 0 Å². The van der Waals surface area contributed by atoms with Crippen molar-refractivity contribution in [2.45, 2.75) is 6.54 Å². The summed E-state index contributed by atoms with van der Waals surface area (Å²) in [7, 11) is 0. The van der Waals surface area contributed by atoms with E-state index in [-0.39, 0.29) is 6.03 Å².